The molecule has 5 heteroatoms. The van der Waals surface area contributed by atoms with Crippen molar-refractivity contribution in [1.82, 2.24) is 4.90 Å². The standard InChI is InChI=1S/C16H22N2O2S/c1-12-7-9-21-10-8-18(12)11-16(20)17-15-6-4-3-5-14(15)13(2)19/h3-6,12H,7-11H2,1-2H3,(H,17,20)/t12-/m1/s1. The lowest BCUT2D eigenvalue weighted by molar-refractivity contribution is -0.117. The van der Waals surface area contributed by atoms with Gasteiger partial charge in [-0.3, -0.25) is 14.5 Å². The van der Waals surface area contributed by atoms with Crippen molar-refractivity contribution in [1.29, 1.82) is 0 Å². The van der Waals surface area contributed by atoms with Gasteiger partial charge in [0.15, 0.2) is 5.78 Å². The molecule has 0 unspecified atom stereocenters. The molecule has 2 rings (SSSR count). The minimum atomic E-state index is -0.0533. The number of Topliss-reactive ketones (excluding diaryl/α,β-unsaturated/α-hetero) is 1. The summed E-state index contributed by atoms with van der Waals surface area (Å²) in [6, 6.07) is 7.57. The van der Waals surface area contributed by atoms with Crippen LogP contribution in [0.3, 0.4) is 0 Å². The number of nitrogens with one attached hydrogen (secondary N) is 1. The summed E-state index contributed by atoms with van der Waals surface area (Å²) in [7, 11) is 0. The van der Waals surface area contributed by atoms with E-state index in [1.54, 1.807) is 18.2 Å². The summed E-state index contributed by atoms with van der Waals surface area (Å²) in [5.74, 6) is 2.14. The number of benzene rings is 1. The maximum atomic E-state index is 12.2. The van der Waals surface area contributed by atoms with Crippen LogP contribution in [0.5, 0.6) is 0 Å². The lowest BCUT2D eigenvalue weighted by atomic mass is 10.1. The molecule has 1 amide bonds. The van der Waals surface area contributed by atoms with Crippen molar-refractivity contribution in [3.05, 3.63) is 29.8 Å². The molecule has 4 nitrogen and oxygen atoms in total. The summed E-state index contributed by atoms with van der Waals surface area (Å²) in [5.41, 5.74) is 1.16. The maximum absolute atomic E-state index is 12.2. The Labute approximate surface area is 130 Å². The predicted octanol–water partition coefficient (Wildman–Crippen LogP) is 2.66. The first kappa shape index (κ1) is 16.0. The molecular weight excluding hydrogens is 284 g/mol. The molecule has 1 aliphatic heterocycles. The number of hydrogen-bond acceptors (Lipinski definition) is 4. The highest BCUT2D eigenvalue weighted by Gasteiger charge is 2.20. The largest absolute Gasteiger partial charge is 0.324 e. The molecule has 1 N–H and O–H groups in total. The van der Waals surface area contributed by atoms with Crippen molar-refractivity contribution in [2.45, 2.75) is 26.3 Å². The van der Waals surface area contributed by atoms with Gasteiger partial charge in [0, 0.05) is 23.9 Å². The number of ketones is 1. The Morgan fingerprint density at radius 1 is 1.33 bits per heavy atom. The summed E-state index contributed by atoms with van der Waals surface area (Å²) in [6.45, 7) is 5.00. The van der Waals surface area contributed by atoms with Gasteiger partial charge in [-0.1, -0.05) is 12.1 Å². The highest BCUT2D eigenvalue weighted by atomic mass is 32.2. The fourth-order valence-electron chi connectivity index (χ4n) is 2.45. The highest BCUT2D eigenvalue weighted by Crippen LogP contribution is 2.18. The van der Waals surface area contributed by atoms with Crippen molar-refractivity contribution in [2.75, 3.05) is 29.9 Å². The average molecular weight is 306 g/mol. The number of anilines is 1. The molecule has 1 aromatic rings. The molecule has 1 fully saturated rings. The predicted molar refractivity (Wildman–Crippen MR) is 88.1 cm³/mol. The number of rotatable bonds is 4. The van der Waals surface area contributed by atoms with Gasteiger partial charge in [-0.2, -0.15) is 11.8 Å². The summed E-state index contributed by atoms with van der Waals surface area (Å²) >= 11 is 1.94. The fourth-order valence-corrected chi connectivity index (χ4v) is 3.52. The SMILES string of the molecule is CC(=O)c1ccccc1NC(=O)CN1CCSCC[C@H]1C. The van der Waals surface area contributed by atoms with E-state index in [1.807, 2.05) is 17.8 Å². The van der Waals surface area contributed by atoms with E-state index < -0.39 is 0 Å². The van der Waals surface area contributed by atoms with E-state index in [4.69, 9.17) is 0 Å². The maximum Gasteiger partial charge on any atom is 0.238 e. The number of carbonyl (C=O) groups is 2. The molecule has 0 aliphatic carbocycles. The zero-order valence-electron chi connectivity index (χ0n) is 12.6. The molecule has 21 heavy (non-hydrogen) atoms. The van der Waals surface area contributed by atoms with Crippen molar-refractivity contribution in [2.24, 2.45) is 0 Å². The second-order valence-electron chi connectivity index (χ2n) is 5.37. The van der Waals surface area contributed by atoms with Gasteiger partial charge in [0.2, 0.25) is 5.91 Å². The molecule has 1 atom stereocenters. The van der Waals surface area contributed by atoms with Crippen LogP contribution in [0.2, 0.25) is 0 Å². The highest BCUT2D eigenvalue weighted by molar-refractivity contribution is 7.99. The molecule has 114 valence electrons. The number of carbonyl (C=O) groups excluding carboxylic acids is 2. The monoisotopic (exact) mass is 306 g/mol. The molecule has 0 aromatic heterocycles. The van der Waals surface area contributed by atoms with E-state index in [1.165, 1.54) is 6.92 Å². The zero-order valence-corrected chi connectivity index (χ0v) is 13.4. The van der Waals surface area contributed by atoms with E-state index in [0.29, 0.717) is 23.8 Å². The number of nitrogens with zero attached hydrogens (tertiary/aromatic N) is 1. The third kappa shape index (κ3) is 4.58. The Hall–Kier alpha value is -1.33. The van der Waals surface area contributed by atoms with Gasteiger partial charge in [0.1, 0.15) is 0 Å². The smallest absolute Gasteiger partial charge is 0.238 e. The number of para-hydroxylation sites is 1. The lowest BCUT2D eigenvalue weighted by Gasteiger charge is -2.25. The van der Waals surface area contributed by atoms with Crippen LogP contribution >= 0.6 is 11.8 Å². The lowest BCUT2D eigenvalue weighted by Crippen LogP contribution is -2.40. The molecule has 0 spiro atoms. The van der Waals surface area contributed by atoms with E-state index in [0.717, 1.165) is 24.5 Å². The van der Waals surface area contributed by atoms with Crippen LogP contribution < -0.4 is 5.32 Å². The van der Waals surface area contributed by atoms with Crippen LogP contribution in [0.25, 0.3) is 0 Å². The number of hydrogen-bond donors (Lipinski definition) is 1. The van der Waals surface area contributed by atoms with Gasteiger partial charge in [-0.25, -0.2) is 0 Å². The molecular formula is C16H22N2O2S. The van der Waals surface area contributed by atoms with Gasteiger partial charge < -0.3 is 5.32 Å². The van der Waals surface area contributed by atoms with Gasteiger partial charge in [-0.05, 0) is 38.2 Å². The van der Waals surface area contributed by atoms with Gasteiger partial charge in [-0.15, -0.1) is 0 Å². The topological polar surface area (TPSA) is 49.4 Å². The Morgan fingerprint density at radius 3 is 2.86 bits per heavy atom. The molecule has 0 saturated carbocycles. The van der Waals surface area contributed by atoms with Gasteiger partial charge >= 0.3 is 0 Å². The Morgan fingerprint density at radius 2 is 2.10 bits per heavy atom. The van der Waals surface area contributed by atoms with Crippen LogP contribution in [0.15, 0.2) is 24.3 Å². The minimum Gasteiger partial charge on any atom is -0.324 e. The van der Waals surface area contributed by atoms with Crippen molar-refractivity contribution in [3.63, 3.8) is 0 Å². The molecule has 1 aliphatic rings. The zero-order chi connectivity index (χ0) is 15.2. The normalized spacial score (nSPS) is 19.8. The van der Waals surface area contributed by atoms with Crippen LogP contribution in [-0.2, 0) is 4.79 Å². The summed E-state index contributed by atoms with van der Waals surface area (Å²) in [6.07, 6.45) is 1.11. The summed E-state index contributed by atoms with van der Waals surface area (Å²) in [5, 5.41) is 2.87. The van der Waals surface area contributed by atoms with Crippen molar-refractivity contribution >= 4 is 29.1 Å². The first-order valence-electron chi connectivity index (χ1n) is 7.29. The van der Waals surface area contributed by atoms with Crippen molar-refractivity contribution in [3.8, 4) is 0 Å². The van der Waals surface area contributed by atoms with Crippen molar-refractivity contribution < 1.29 is 9.59 Å². The quantitative estimate of drug-likeness (QED) is 0.869. The van der Waals surface area contributed by atoms with Crippen LogP contribution in [-0.4, -0.2) is 47.2 Å². The Balaban J connectivity index is 2.00. The Kier molecular flexibility index (Phi) is 5.82. The molecule has 0 radical (unpaired) electrons. The third-order valence-corrected chi connectivity index (χ3v) is 4.75. The number of thioether (sulfide) groups is 1. The first-order chi connectivity index (χ1) is 10.1. The Bertz CT molecular complexity index is 519. The van der Waals surface area contributed by atoms with E-state index in [2.05, 4.69) is 17.1 Å². The molecule has 1 saturated heterocycles. The summed E-state index contributed by atoms with van der Waals surface area (Å²) < 4.78 is 0. The van der Waals surface area contributed by atoms with E-state index in [-0.39, 0.29) is 11.7 Å². The van der Waals surface area contributed by atoms with Crippen LogP contribution in [0.1, 0.15) is 30.6 Å². The summed E-state index contributed by atoms with van der Waals surface area (Å²) in [4.78, 5) is 26.0. The third-order valence-electron chi connectivity index (χ3n) is 3.75. The minimum absolute atomic E-state index is 0.0366. The molecule has 1 heterocycles. The van der Waals surface area contributed by atoms with Crippen LogP contribution in [0, 0.1) is 0 Å². The average Bonchev–Trinajstić information content (AvgIpc) is 2.64. The molecule has 1 aromatic carbocycles. The first-order valence-corrected chi connectivity index (χ1v) is 8.45. The number of amides is 1. The van der Waals surface area contributed by atoms with E-state index in [9.17, 15) is 9.59 Å². The fraction of sp³-hybridized carbons (Fsp3) is 0.500. The second kappa shape index (κ2) is 7.61. The van der Waals surface area contributed by atoms with E-state index >= 15 is 0 Å². The van der Waals surface area contributed by atoms with Gasteiger partial charge in [0.25, 0.3) is 0 Å². The second-order valence-corrected chi connectivity index (χ2v) is 6.60. The molecule has 0 bridgehead atoms. The van der Waals surface area contributed by atoms with Crippen LogP contribution in [0.4, 0.5) is 5.69 Å². The van der Waals surface area contributed by atoms with Gasteiger partial charge in [0.05, 0.1) is 12.2 Å².